The molecule has 0 bridgehead atoms. The zero-order chi connectivity index (χ0) is 11.0. The summed E-state index contributed by atoms with van der Waals surface area (Å²) in [5.74, 6) is -0.908. The van der Waals surface area contributed by atoms with Crippen LogP contribution in [0, 0.1) is 6.92 Å². The maximum Gasteiger partial charge on any atom is 0.392 e. The topological polar surface area (TPSA) is 46.5 Å². The normalized spacial score (nSPS) is 12.0. The summed E-state index contributed by atoms with van der Waals surface area (Å²) in [5, 5.41) is 9.96. The van der Waals surface area contributed by atoms with Gasteiger partial charge in [-0.2, -0.15) is 4.18 Å². The smallest absolute Gasteiger partial charge is 0.392 e. The second-order valence-corrected chi connectivity index (χ2v) is 5.04. The summed E-state index contributed by atoms with van der Waals surface area (Å²) in [7, 11) is 0.813. The maximum absolute atomic E-state index is 11.0. The Morgan fingerprint density at radius 3 is 2.73 bits per heavy atom. The number of carboxylic acids is 1. The Morgan fingerprint density at radius 2 is 2.13 bits per heavy atom. The molecule has 0 saturated carbocycles. The lowest BCUT2D eigenvalue weighted by atomic mass is 10.2. The molecule has 0 radical (unpaired) electrons. The van der Waals surface area contributed by atoms with E-state index in [1.165, 1.54) is 7.11 Å². The second-order valence-electron chi connectivity index (χ2n) is 3.29. The summed E-state index contributed by atoms with van der Waals surface area (Å²) in [6, 6.07) is 7.56. The molecule has 0 aliphatic rings. The minimum Gasteiger partial charge on any atom is -0.474 e. The first-order chi connectivity index (χ1) is 7.13. The predicted molar refractivity (Wildman–Crippen MR) is 60.6 cm³/mol. The van der Waals surface area contributed by atoms with Gasteiger partial charge in [0.15, 0.2) is 10.8 Å². The van der Waals surface area contributed by atoms with Crippen molar-refractivity contribution in [2.45, 2.75) is 6.92 Å². The van der Waals surface area contributed by atoms with Crippen LogP contribution in [-0.4, -0.2) is 18.2 Å². The predicted octanol–water partition coefficient (Wildman–Crippen LogP) is 2.65. The second kappa shape index (κ2) is 3.64. The Bertz CT molecular complexity index is 528. The molecular formula is C11H11O3S+. The molecule has 3 nitrogen and oxygen atoms in total. The third-order valence-corrected chi connectivity index (χ3v) is 4.01. The number of rotatable bonds is 2. The third-order valence-electron chi connectivity index (χ3n) is 2.23. The Kier molecular flexibility index (Phi) is 2.46. The van der Waals surface area contributed by atoms with Crippen LogP contribution in [0.25, 0.3) is 10.1 Å². The van der Waals surface area contributed by atoms with Crippen molar-refractivity contribution in [1.82, 2.24) is 0 Å². The SMILES string of the molecule is CO[s+]1c(C(=O)O)cc2ccc(C)cc21. The molecule has 0 amide bonds. The van der Waals surface area contributed by atoms with Crippen LogP contribution >= 0.6 is 10.8 Å². The van der Waals surface area contributed by atoms with Crippen LogP contribution in [0.5, 0.6) is 0 Å². The molecule has 1 aromatic heterocycles. The van der Waals surface area contributed by atoms with E-state index in [0.29, 0.717) is 4.88 Å². The van der Waals surface area contributed by atoms with Gasteiger partial charge in [0.25, 0.3) is 4.88 Å². The van der Waals surface area contributed by atoms with Crippen molar-refractivity contribution in [2.24, 2.45) is 0 Å². The number of aromatic carboxylic acids is 1. The van der Waals surface area contributed by atoms with Crippen molar-refractivity contribution < 1.29 is 14.1 Å². The molecule has 1 aromatic carbocycles. The molecule has 1 atom stereocenters. The first-order valence-electron chi connectivity index (χ1n) is 4.48. The van der Waals surface area contributed by atoms with Gasteiger partial charge in [-0.05, 0) is 18.6 Å². The van der Waals surface area contributed by atoms with Gasteiger partial charge in [-0.25, -0.2) is 4.79 Å². The summed E-state index contributed by atoms with van der Waals surface area (Å²) >= 11 is 0. The monoisotopic (exact) mass is 223 g/mol. The molecule has 2 rings (SSSR count). The Balaban J connectivity index is 2.79. The first kappa shape index (κ1) is 10.1. The molecule has 0 aliphatic carbocycles. The quantitative estimate of drug-likeness (QED) is 0.796. The Morgan fingerprint density at radius 1 is 1.40 bits per heavy atom. The van der Waals surface area contributed by atoms with Gasteiger partial charge in [0.2, 0.25) is 4.70 Å². The number of fused-ring (bicyclic) bond motifs is 1. The number of thiophene rings is 1. The van der Waals surface area contributed by atoms with Gasteiger partial charge in [-0.1, -0.05) is 6.07 Å². The highest BCUT2D eigenvalue weighted by atomic mass is 32.2. The highest BCUT2D eigenvalue weighted by Gasteiger charge is 2.27. The van der Waals surface area contributed by atoms with Crippen molar-refractivity contribution in [3.8, 4) is 0 Å². The molecule has 15 heavy (non-hydrogen) atoms. The molecular weight excluding hydrogens is 212 g/mol. The van der Waals surface area contributed by atoms with E-state index in [2.05, 4.69) is 0 Å². The summed E-state index contributed by atoms with van der Waals surface area (Å²) < 4.78 is 6.21. The third kappa shape index (κ3) is 1.62. The van der Waals surface area contributed by atoms with Gasteiger partial charge in [0.1, 0.15) is 0 Å². The maximum atomic E-state index is 11.0. The van der Waals surface area contributed by atoms with Crippen LogP contribution < -0.4 is 4.18 Å². The number of aryl methyl sites for hydroxylation is 1. The standard InChI is InChI=1S/C11H10O3S/c1-7-3-4-8-6-10(11(12)13)15(14-2)9(8)5-7/h3-6H,1-2H3/p+1. The number of hydrogen-bond donors (Lipinski definition) is 1. The molecule has 0 fully saturated rings. The van der Waals surface area contributed by atoms with Gasteiger partial charge in [-0.3, -0.25) is 0 Å². The van der Waals surface area contributed by atoms with E-state index in [0.717, 1.165) is 15.6 Å². The van der Waals surface area contributed by atoms with Crippen molar-refractivity contribution in [2.75, 3.05) is 7.11 Å². The van der Waals surface area contributed by atoms with E-state index in [1.807, 2.05) is 25.1 Å². The van der Waals surface area contributed by atoms with E-state index >= 15 is 0 Å². The molecule has 1 unspecified atom stereocenters. The van der Waals surface area contributed by atoms with E-state index in [-0.39, 0.29) is 0 Å². The Labute approximate surface area is 90.1 Å². The van der Waals surface area contributed by atoms with Gasteiger partial charge >= 0.3 is 5.97 Å². The van der Waals surface area contributed by atoms with Gasteiger partial charge < -0.3 is 5.11 Å². The summed E-state index contributed by atoms with van der Waals surface area (Å²) in [6.45, 7) is 1.98. The van der Waals surface area contributed by atoms with Crippen LogP contribution in [0.15, 0.2) is 24.3 Å². The molecule has 1 N–H and O–H groups in total. The Hall–Kier alpha value is -1.39. The fraction of sp³-hybridized carbons (Fsp3) is 0.182. The lowest BCUT2D eigenvalue weighted by Crippen LogP contribution is -1.95. The fourth-order valence-corrected chi connectivity index (χ4v) is 3.18. The highest BCUT2D eigenvalue weighted by molar-refractivity contribution is 7.34. The van der Waals surface area contributed by atoms with Gasteiger partial charge in [-0.15, -0.1) is 0 Å². The first-order valence-corrected chi connectivity index (χ1v) is 5.63. The average Bonchev–Trinajstić information content (AvgIpc) is 2.55. The van der Waals surface area contributed by atoms with Crippen LogP contribution in [0.2, 0.25) is 0 Å². The van der Waals surface area contributed by atoms with E-state index in [9.17, 15) is 4.79 Å². The largest absolute Gasteiger partial charge is 0.474 e. The molecule has 0 saturated heterocycles. The minimum absolute atomic E-state index is 0.332. The summed E-state index contributed by atoms with van der Waals surface area (Å²) in [4.78, 5) is 11.3. The van der Waals surface area contributed by atoms with Crippen molar-refractivity contribution in [3.63, 3.8) is 0 Å². The lowest BCUT2D eigenvalue weighted by Gasteiger charge is -1.89. The highest BCUT2D eigenvalue weighted by Crippen LogP contribution is 2.35. The van der Waals surface area contributed by atoms with Crippen molar-refractivity contribution in [3.05, 3.63) is 34.7 Å². The van der Waals surface area contributed by atoms with E-state index < -0.39 is 16.7 Å². The number of benzene rings is 1. The zero-order valence-electron chi connectivity index (χ0n) is 8.48. The van der Waals surface area contributed by atoms with Gasteiger partial charge in [0.05, 0.1) is 7.11 Å². The summed E-state index contributed by atoms with van der Waals surface area (Å²) in [6.07, 6.45) is 0. The number of hydrogen-bond acceptors (Lipinski definition) is 2. The molecule has 0 aliphatic heterocycles. The molecule has 78 valence electrons. The average molecular weight is 223 g/mol. The van der Waals surface area contributed by atoms with Crippen molar-refractivity contribution >= 4 is 26.8 Å². The lowest BCUT2D eigenvalue weighted by molar-refractivity contribution is 0.0701. The van der Waals surface area contributed by atoms with Crippen molar-refractivity contribution in [1.29, 1.82) is 0 Å². The molecule has 2 aromatic rings. The molecule has 1 heterocycles. The minimum atomic E-state index is -0.908. The van der Waals surface area contributed by atoms with Crippen LogP contribution in [0.4, 0.5) is 0 Å². The number of carboxylic acid groups (broad SMARTS) is 1. The number of carbonyl (C=O) groups is 1. The van der Waals surface area contributed by atoms with E-state index in [4.69, 9.17) is 9.29 Å². The van der Waals surface area contributed by atoms with Crippen LogP contribution in [0.3, 0.4) is 0 Å². The molecule has 4 heteroatoms. The zero-order valence-corrected chi connectivity index (χ0v) is 9.30. The fourth-order valence-electron chi connectivity index (χ4n) is 1.56. The van der Waals surface area contributed by atoms with Crippen LogP contribution in [0.1, 0.15) is 15.2 Å². The summed E-state index contributed by atoms with van der Waals surface area (Å²) in [5.41, 5.74) is 1.11. The van der Waals surface area contributed by atoms with Gasteiger partial charge in [0, 0.05) is 17.5 Å². The van der Waals surface area contributed by atoms with Crippen LogP contribution in [-0.2, 0) is 0 Å². The van der Waals surface area contributed by atoms with E-state index in [1.54, 1.807) is 6.07 Å². The molecule has 0 spiro atoms.